The lowest BCUT2D eigenvalue weighted by Gasteiger charge is -2.09. The highest BCUT2D eigenvalue weighted by atomic mass is 32.2. The molecule has 0 fully saturated rings. The first-order chi connectivity index (χ1) is 9.04. The van der Waals surface area contributed by atoms with Crippen molar-refractivity contribution >= 4 is 15.9 Å². The summed E-state index contributed by atoms with van der Waals surface area (Å²) in [6.45, 7) is 1.35. The van der Waals surface area contributed by atoms with Crippen LogP contribution in [0, 0.1) is 0 Å². The second-order valence-electron chi connectivity index (χ2n) is 4.01. The molecule has 3 N–H and O–H groups in total. The van der Waals surface area contributed by atoms with Crippen LogP contribution in [-0.4, -0.2) is 31.6 Å². The summed E-state index contributed by atoms with van der Waals surface area (Å²) in [6.07, 6.45) is -4.37. The summed E-state index contributed by atoms with van der Waals surface area (Å²) in [7, 11) is -3.97. The van der Waals surface area contributed by atoms with E-state index in [0.29, 0.717) is 0 Å². The summed E-state index contributed by atoms with van der Waals surface area (Å²) in [5.74, 6) is -0.786. The molecule has 0 aliphatic carbocycles. The summed E-state index contributed by atoms with van der Waals surface area (Å²) >= 11 is 0. The van der Waals surface area contributed by atoms with Crippen molar-refractivity contribution in [1.82, 2.24) is 9.88 Å². The highest BCUT2D eigenvalue weighted by molar-refractivity contribution is 7.89. The molecule has 0 aliphatic heterocycles. The van der Waals surface area contributed by atoms with Crippen molar-refractivity contribution in [3.05, 3.63) is 18.0 Å². The fraction of sp³-hybridized carbons (Fsp3) is 0.500. The van der Waals surface area contributed by atoms with Crippen molar-refractivity contribution in [2.75, 3.05) is 6.54 Å². The van der Waals surface area contributed by atoms with E-state index in [-0.39, 0.29) is 17.1 Å². The van der Waals surface area contributed by atoms with Gasteiger partial charge in [-0.1, -0.05) is 0 Å². The van der Waals surface area contributed by atoms with Crippen molar-refractivity contribution in [3.63, 3.8) is 0 Å². The van der Waals surface area contributed by atoms with Crippen LogP contribution in [0.1, 0.15) is 23.8 Å². The minimum atomic E-state index is -4.37. The van der Waals surface area contributed by atoms with Crippen LogP contribution in [0.25, 0.3) is 0 Å². The van der Waals surface area contributed by atoms with E-state index in [9.17, 15) is 26.4 Å². The average molecular weight is 313 g/mol. The first-order valence-electron chi connectivity index (χ1n) is 5.62. The molecular weight excluding hydrogens is 299 g/mol. The fourth-order valence-electron chi connectivity index (χ4n) is 1.50. The molecule has 1 heterocycles. The number of aryl methyl sites for hydroxylation is 1. The van der Waals surface area contributed by atoms with Gasteiger partial charge in [0.05, 0.1) is 6.42 Å². The molecule has 0 saturated carbocycles. The molecule has 20 heavy (non-hydrogen) atoms. The van der Waals surface area contributed by atoms with Crippen LogP contribution >= 0.6 is 0 Å². The Hall–Kier alpha value is -1.55. The normalized spacial score (nSPS) is 12.4. The number of hydrogen-bond acceptors (Lipinski definition) is 3. The highest BCUT2D eigenvalue weighted by Crippen LogP contribution is 2.18. The van der Waals surface area contributed by atoms with E-state index in [4.69, 9.17) is 5.14 Å². The van der Waals surface area contributed by atoms with Crippen LogP contribution in [0.4, 0.5) is 13.2 Å². The summed E-state index contributed by atoms with van der Waals surface area (Å²) in [4.78, 5) is 11.5. The van der Waals surface area contributed by atoms with Gasteiger partial charge in [-0.3, -0.25) is 4.79 Å². The van der Waals surface area contributed by atoms with Gasteiger partial charge in [-0.25, -0.2) is 13.6 Å². The van der Waals surface area contributed by atoms with Gasteiger partial charge in [-0.05, 0) is 13.0 Å². The van der Waals surface area contributed by atoms with E-state index >= 15 is 0 Å². The first-order valence-corrected chi connectivity index (χ1v) is 7.17. The zero-order valence-corrected chi connectivity index (χ0v) is 11.4. The molecule has 0 radical (unpaired) electrons. The van der Waals surface area contributed by atoms with Crippen molar-refractivity contribution in [1.29, 1.82) is 0 Å². The number of aromatic nitrogens is 1. The second kappa shape index (κ2) is 5.83. The molecule has 1 aromatic rings. The zero-order valence-electron chi connectivity index (χ0n) is 10.6. The minimum Gasteiger partial charge on any atom is -0.350 e. The third-order valence-electron chi connectivity index (χ3n) is 2.47. The zero-order chi connectivity index (χ0) is 15.6. The molecule has 0 saturated heterocycles. The Kier molecular flexibility index (Phi) is 4.81. The highest BCUT2D eigenvalue weighted by Gasteiger charge is 2.27. The molecule has 6 nitrogen and oxygen atoms in total. The molecule has 1 amide bonds. The molecule has 0 aliphatic rings. The van der Waals surface area contributed by atoms with E-state index in [1.54, 1.807) is 6.92 Å². The van der Waals surface area contributed by atoms with E-state index < -0.39 is 35.1 Å². The monoisotopic (exact) mass is 313 g/mol. The number of nitrogens with one attached hydrogen (secondary N) is 1. The Bertz CT molecular complexity index is 593. The number of primary sulfonamides is 1. The van der Waals surface area contributed by atoms with Gasteiger partial charge in [0.25, 0.3) is 5.91 Å². The van der Waals surface area contributed by atoms with Crippen molar-refractivity contribution in [3.8, 4) is 0 Å². The maximum absolute atomic E-state index is 12.0. The topological polar surface area (TPSA) is 94.2 Å². The van der Waals surface area contributed by atoms with Gasteiger partial charge in [0.15, 0.2) is 0 Å². The number of rotatable bonds is 5. The van der Waals surface area contributed by atoms with Gasteiger partial charge >= 0.3 is 6.18 Å². The fourth-order valence-corrected chi connectivity index (χ4v) is 2.05. The van der Waals surface area contributed by atoms with E-state index in [1.807, 2.05) is 0 Å². The lowest BCUT2D eigenvalue weighted by atomic mass is 10.3. The van der Waals surface area contributed by atoms with Crippen molar-refractivity contribution < 1.29 is 26.4 Å². The Morgan fingerprint density at radius 1 is 1.45 bits per heavy atom. The van der Waals surface area contributed by atoms with Crippen molar-refractivity contribution in [2.45, 2.75) is 31.0 Å². The Balaban J connectivity index is 2.85. The van der Waals surface area contributed by atoms with Crippen LogP contribution in [0.5, 0.6) is 0 Å². The molecule has 0 aromatic carbocycles. The van der Waals surface area contributed by atoms with Gasteiger partial charge in [-0.15, -0.1) is 0 Å². The number of carbonyl (C=O) groups excluding carboxylic acids is 1. The number of alkyl halides is 3. The van der Waals surface area contributed by atoms with Crippen LogP contribution < -0.4 is 10.5 Å². The number of hydrogen-bond donors (Lipinski definition) is 2. The maximum Gasteiger partial charge on any atom is 0.390 e. The number of nitrogens with two attached hydrogens (primary N) is 1. The Morgan fingerprint density at radius 2 is 2.05 bits per heavy atom. The summed E-state index contributed by atoms with van der Waals surface area (Å²) in [5.41, 5.74) is -0.0568. The maximum atomic E-state index is 12.0. The summed E-state index contributed by atoms with van der Waals surface area (Å²) < 4.78 is 59.5. The number of nitrogens with zero attached hydrogens (tertiary/aromatic N) is 1. The molecular formula is C10H14F3N3O3S. The predicted octanol–water partition coefficient (Wildman–Crippen LogP) is 0.838. The second-order valence-corrected chi connectivity index (χ2v) is 5.57. The average Bonchev–Trinajstić information content (AvgIpc) is 2.70. The third kappa shape index (κ3) is 4.53. The van der Waals surface area contributed by atoms with Gasteiger partial charge in [0.2, 0.25) is 10.0 Å². The molecule has 1 rings (SSSR count). The number of carbonyl (C=O) groups is 1. The quantitative estimate of drug-likeness (QED) is 0.843. The van der Waals surface area contributed by atoms with E-state index in [1.165, 1.54) is 4.57 Å². The van der Waals surface area contributed by atoms with Gasteiger partial charge in [-0.2, -0.15) is 13.2 Å². The lowest BCUT2D eigenvalue weighted by Crippen LogP contribution is -2.29. The molecule has 10 heteroatoms. The molecule has 1 aromatic heterocycles. The molecule has 0 atom stereocenters. The van der Waals surface area contributed by atoms with Crippen LogP contribution in [0.2, 0.25) is 0 Å². The smallest absolute Gasteiger partial charge is 0.350 e. The van der Waals surface area contributed by atoms with E-state index in [2.05, 4.69) is 5.32 Å². The van der Waals surface area contributed by atoms with Gasteiger partial charge in [0, 0.05) is 19.3 Å². The SMILES string of the molecule is CCn1cc(S(N)(=O)=O)cc1C(=O)NCCC(F)(F)F. The lowest BCUT2D eigenvalue weighted by molar-refractivity contribution is -0.133. The van der Waals surface area contributed by atoms with Crippen LogP contribution in [-0.2, 0) is 16.6 Å². The predicted molar refractivity (Wildman–Crippen MR) is 64.5 cm³/mol. The minimum absolute atomic E-state index is 0.0568. The number of amides is 1. The third-order valence-corrected chi connectivity index (χ3v) is 3.35. The van der Waals surface area contributed by atoms with Crippen LogP contribution in [0.3, 0.4) is 0 Å². The summed E-state index contributed by atoms with van der Waals surface area (Å²) in [5, 5.41) is 7.01. The largest absolute Gasteiger partial charge is 0.390 e. The van der Waals surface area contributed by atoms with Gasteiger partial charge < -0.3 is 9.88 Å². The Morgan fingerprint density at radius 3 is 2.50 bits per heavy atom. The van der Waals surface area contributed by atoms with E-state index in [0.717, 1.165) is 12.3 Å². The molecule has 0 bridgehead atoms. The van der Waals surface area contributed by atoms with Gasteiger partial charge in [0.1, 0.15) is 10.6 Å². The number of halogens is 3. The molecule has 114 valence electrons. The standard InChI is InChI=1S/C10H14F3N3O3S/c1-2-16-6-7(20(14,18)19)5-8(16)9(17)15-4-3-10(11,12)13/h5-6H,2-4H2,1H3,(H,15,17)(H2,14,18,19). The molecule has 0 unspecified atom stereocenters. The number of sulfonamides is 1. The molecule has 0 spiro atoms. The van der Waals surface area contributed by atoms with Crippen LogP contribution in [0.15, 0.2) is 17.2 Å². The van der Waals surface area contributed by atoms with Crippen molar-refractivity contribution in [2.24, 2.45) is 5.14 Å². The summed E-state index contributed by atoms with van der Waals surface area (Å²) in [6, 6.07) is 1.03. The first kappa shape index (κ1) is 16.5. The Labute approximate surface area is 113 Å².